The van der Waals surface area contributed by atoms with Gasteiger partial charge in [0.05, 0.1) is 19.1 Å². The van der Waals surface area contributed by atoms with E-state index in [1.807, 2.05) is 25.1 Å². The Morgan fingerprint density at radius 3 is 2.66 bits per heavy atom. The summed E-state index contributed by atoms with van der Waals surface area (Å²) in [6, 6.07) is 9.99. The minimum absolute atomic E-state index is 0.0540. The smallest absolute Gasteiger partial charge is 0.322 e. The number of phenols is 1. The maximum atomic E-state index is 11.5. The Balaban J connectivity index is 1.74. The lowest BCUT2D eigenvalue weighted by molar-refractivity contribution is -0.383. The topological polar surface area (TPSA) is 107 Å². The number of furan rings is 1. The van der Waals surface area contributed by atoms with Crippen molar-refractivity contribution >= 4 is 22.7 Å². The second kappa shape index (κ2) is 8.55. The number of phenolic OH excluding ortho intramolecular Hbond substituents is 1. The first-order valence-electron chi connectivity index (χ1n) is 8.96. The minimum atomic E-state index is -0.506. The van der Waals surface area contributed by atoms with Crippen LogP contribution in [0.4, 0.5) is 5.69 Å². The highest BCUT2D eigenvalue weighted by atomic mass is 16.6. The Hall–Kier alpha value is -3.68. The summed E-state index contributed by atoms with van der Waals surface area (Å²) in [5.41, 5.74) is 1.96. The lowest BCUT2D eigenvalue weighted by Crippen LogP contribution is -2.14. The first kappa shape index (κ1) is 20.1. The zero-order valence-electron chi connectivity index (χ0n) is 16.4. The van der Waals surface area contributed by atoms with Gasteiger partial charge in [-0.3, -0.25) is 10.1 Å². The fourth-order valence-electron chi connectivity index (χ4n) is 3.07. The Morgan fingerprint density at radius 1 is 1.21 bits per heavy atom. The van der Waals surface area contributed by atoms with Crippen LogP contribution in [0.25, 0.3) is 17.0 Å². The number of allylic oxidation sites excluding steroid dienone is 1. The van der Waals surface area contributed by atoms with Gasteiger partial charge in [0.15, 0.2) is 11.5 Å². The SMILES string of the molecule is COc1ccc(CCN/C(C)=C/c2oc3ccc(O)cc3c2[N+](=O)[O-])cc1OC. The van der Waals surface area contributed by atoms with Crippen molar-refractivity contribution in [3.8, 4) is 17.2 Å². The van der Waals surface area contributed by atoms with Crippen molar-refractivity contribution in [3.05, 3.63) is 63.5 Å². The lowest BCUT2D eigenvalue weighted by Gasteiger charge is -2.10. The molecule has 0 unspecified atom stereocenters. The number of nitrogens with zero attached hydrogens (tertiary/aromatic N) is 1. The summed E-state index contributed by atoms with van der Waals surface area (Å²) >= 11 is 0. The van der Waals surface area contributed by atoms with Crippen molar-refractivity contribution in [2.45, 2.75) is 13.3 Å². The van der Waals surface area contributed by atoms with E-state index in [0.717, 1.165) is 17.7 Å². The molecule has 0 aliphatic heterocycles. The lowest BCUT2D eigenvalue weighted by atomic mass is 10.1. The summed E-state index contributed by atoms with van der Waals surface area (Å²) in [7, 11) is 3.18. The molecule has 0 aliphatic carbocycles. The van der Waals surface area contributed by atoms with E-state index in [2.05, 4.69) is 5.32 Å². The van der Waals surface area contributed by atoms with E-state index in [4.69, 9.17) is 13.9 Å². The maximum Gasteiger partial charge on any atom is 0.322 e. The molecule has 8 nitrogen and oxygen atoms in total. The van der Waals surface area contributed by atoms with Crippen molar-refractivity contribution < 1.29 is 23.9 Å². The Morgan fingerprint density at radius 2 is 1.97 bits per heavy atom. The summed E-state index contributed by atoms with van der Waals surface area (Å²) in [6.45, 7) is 2.43. The second-order valence-electron chi connectivity index (χ2n) is 6.45. The van der Waals surface area contributed by atoms with Crippen LogP contribution in [0, 0.1) is 10.1 Å². The molecule has 1 heterocycles. The number of ether oxygens (including phenoxy) is 2. The molecule has 1 aromatic heterocycles. The summed E-state index contributed by atoms with van der Waals surface area (Å²) < 4.78 is 16.1. The van der Waals surface area contributed by atoms with E-state index in [1.165, 1.54) is 18.2 Å². The minimum Gasteiger partial charge on any atom is -0.508 e. The second-order valence-corrected chi connectivity index (χ2v) is 6.45. The number of nitrogens with one attached hydrogen (secondary N) is 1. The number of hydrogen-bond acceptors (Lipinski definition) is 7. The van der Waals surface area contributed by atoms with Crippen LogP contribution < -0.4 is 14.8 Å². The van der Waals surface area contributed by atoms with E-state index in [9.17, 15) is 15.2 Å². The average molecular weight is 398 g/mol. The first-order chi connectivity index (χ1) is 13.9. The fraction of sp³-hybridized carbons (Fsp3) is 0.238. The molecule has 2 aromatic carbocycles. The van der Waals surface area contributed by atoms with E-state index < -0.39 is 4.92 Å². The maximum absolute atomic E-state index is 11.5. The summed E-state index contributed by atoms with van der Waals surface area (Å²) in [6.07, 6.45) is 2.31. The van der Waals surface area contributed by atoms with Crippen LogP contribution >= 0.6 is 0 Å². The van der Waals surface area contributed by atoms with Gasteiger partial charge < -0.3 is 24.3 Å². The van der Waals surface area contributed by atoms with Crippen molar-refractivity contribution in [2.24, 2.45) is 0 Å². The van der Waals surface area contributed by atoms with Gasteiger partial charge in [-0.1, -0.05) is 6.07 Å². The highest BCUT2D eigenvalue weighted by Gasteiger charge is 2.23. The molecular weight excluding hydrogens is 376 g/mol. The molecular formula is C21H22N2O6. The van der Waals surface area contributed by atoms with Gasteiger partial charge in [0.2, 0.25) is 5.76 Å². The Labute approximate surface area is 167 Å². The largest absolute Gasteiger partial charge is 0.508 e. The zero-order chi connectivity index (χ0) is 21.0. The summed E-state index contributed by atoms with van der Waals surface area (Å²) in [4.78, 5) is 11.0. The van der Waals surface area contributed by atoms with Crippen molar-refractivity contribution in [3.63, 3.8) is 0 Å². The quantitative estimate of drug-likeness (QED) is 0.431. The van der Waals surface area contributed by atoms with E-state index in [1.54, 1.807) is 20.3 Å². The van der Waals surface area contributed by atoms with Crippen molar-refractivity contribution in [2.75, 3.05) is 20.8 Å². The van der Waals surface area contributed by atoms with Crippen LogP contribution in [0.15, 0.2) is 46.5 Å². The number of methoxy groups -OCH3 is 2. The van der Waals surface area contributed by atoms with Crippen LogP contribution in [0.1, 0.15) is 18.2 Å². The highest BCUT2D eigenvalue weighted by molar-refractivity contribution is 5.92. The Kier molecular flexibility index (Phi) is 5.92. The van der Waals surface area contributed by atoms with Crippen molar-refractivity contribution in [1.82, 2.24) is 5.32 Å². The van der Waals surface area contributed by atoms with E-state index in [-0.39, 0.29) is 22.6 Å². The molecule has 0 fully saturated rings. The van der Waals surface area contributed by atoms with Gasteiger partial charge >= 0.3 is 5.69 Å². The molecule has 0 saturated heterocycles. The van der Waals surface area contributed by atoms with Crippen LogP contribution in [-0.2, 0) is 6.42 Å². The van der Waals surface area contributed by atoms with Crippen molar-refractivity contribution in [1.29, 1.82) is 0 Å². The van der Waals surface area contributed by atoms with Crippen LogP contribution in [0.2, 0.25) is 0 Å². The standard InChI is InChI=1S/C21H22N2O6/c1-13(22-9-8-14-4-6-18(27-2)19(11-14)28-3)10-20-21(23(25)26)16-12-15(24)5-7-17(16)29-20/h4-7,10-12,22,24H,8-9H2,1-3H3/b13-10+. The molecule has 0 atom stereocenters. The summed E-state index contributed by atoms with van der Waals surface area (Å²) in [5, 5.41) is 24.6. The number of aromatic hydroxyl groups is 1. The molecule has 3 rings (SSSR count). The molecule has 0 aliphatic rings. The van der Waals surface area contributed by atoms with Gasteiger partial charge in [0, 0.05) is 18.3 Å². The van der Waals surface area contributed by atoms with E-state index >= 15 is 0 Å². The molecule has 8 heteroatoms. The molecule has 0 spiro atoms. The molecule has 0 amide bonds. The number of fused-ring (bicyclic) bond motifs is 1. The van der Waals surface area contributed by atoms with Gasteiger partial charge in [-0.05, 0) is 49.2 Å². The van der Waals surface area contributed by atoms with E-state index in [0.29, 0.717) is 23.6 Å². The summed E-state index contributed by atoms with van der Waals surface area (Å²) in [5.74, 6) is 1.41. The Bertz CT molecular complexity index is 1070. The van der Waals surface area contributed by atoms with Gasteiger partial charge in [0.1, 0.15) is 16.7 Å². The molecule has 0 bridgehead atoms. The van der Waals surface area contributed by atoms with Gasteiger partial charge in [-0.15, -0.1) is 0 Å². The predicted octanol–water partition coefficient (Wildman–Crippen LogP) is 4.26. The van der Waals surface area contributed by atoms with Gasteiger partial charge in [-0.2, -0.15) is 0 Å². The third kappa shape index (κ3) is 4.43. The van der Waals surface area contributed by atoms with Gasteiger partial charge in [-0.25, -0.2) is 0 Å². The normalized spacial score (nSPS) is 11.5. The molecule has 3 aromatic rings. The molecule has 0 radical (unpaired) electrons. The third-order valence-corrected chi connectivity index (χ3v) is 4.47. The number of benzene rings is 2. The predicted molar refractivity (Wildman–Crippen MR) is 109 cm³/mol. The molecule has 0 saturated carbocycles. The molecule has 29 heavy (non-hydrogen) atoms. The molecule has 152 valence electrons. The number of nitro groups is 1. The average Bonchev–Trinajstić information content (AvgIpc) is 3.04. The van der Waals surface area contributed by atoms with Gasteiger partial charge in [0.25, 0.3) is 0 Å². The third-order valence-electron chi connectivity index (χ3n) is 4.47. The first-order valence-corrected chi connectivity index (χ1v) is 8.96. The fourth-order valence-corrected chi connectivity index (χ4v) is 3.07. The number of hydrogen-bond donors (Lipinski definition) is 2. The van der Waals surface area contributed by atoms with Crippen LogP contribution in [0.3, 0.4) is 0 Å². The molecule has 2 N–H and O–H groups in total. The monoisotopic (exact) mass is 398 g/mol. The zero-order valence-corrected chi connectivity index (χ0v) is 16.4. The highest BCUT2D eigenvalue weighted by Crippen LogP contribution is 2.36. The van der Waals surface area contributed by atoms with Crippen LogP contribution in [-0.4, -0.2) is 30.8 Å². The van der Waals surface area contributed by atoms with Crippen LogP contribution in [0.5, 0.6) is 17.2 Å². The number of rotatable bonds is 8.